The number of aliphatic hydroxyl groups is 1. The van der Waals surface area contributed by atoms with Crippen LogP contribution >= 0.6 is 0 Å². The van der Waals surface area contributed by atoms with E-state index >= 15 is 0 Å². The maximum Gasteiger partial charge on any atom is 0.336 e. The summed E-state index contributed by atoms with van der Waals surface area (Å²) < 4.78 is 0. The van der Waals surface area contributed by atoms with E-state index in [0.717, 1.165) is 6.42 Å². The van der Waals surface area contributed by atoms with E-state index in [2.05, 4.69) is 0 Å². The second-order valence-corrected chi connectivity index (χ2v) is 4.20. The van der Waals surface area contributed by atoms with Gasteiger partial charge >= 0.3 is 5.97 Å². The zero-order chi connectivity index (χ0) is 9.69. The van der Waals surface area contributed by atoms with Crippen LogP contribution in [0.2, 0.25) is 0 Å². The number of allylic oxidation sites excluding steroid dienone is 1. The van der Waals surface area contributed by atoms with Crippen LogP contribution in [0, 0.1) is 11.3 Å². The third-order valence-corrected chi connectivity index (χ3v) is 3.68. The van der Waals surface area contributed by atoms with Crippen molar-refractivity contribution >= 4 is 5.97 Å². The highest BCUT2D eigenvalue weighted by Crippen LogP contribution is 2.57. The van der Waals surface area contributed by atoms with Crippen molar-refractivity contribution in [2.45, 2.75) is 31.8 Å². The third-order valence-electron chi connectivity index (χ3n) is 3.68. The molecule has 2 N–H and O–H groups in total. The molecule has 13 heavy (non-hydrogen) atoms. The van der Waals surface area contributed by atoms with Crippen molar-refractivity contribution in [3.05, 3.63) is 12.2 Å². The standard InChI is InChI=1S/C10H14O3/c1-2-9-4-3-7(5-9)6-10(9,13)8(11)12/h3-4,7,13H,2,5-6H2,1H3,(H,11,12). The summed E-state index contributed by atoms with van der Waals surface area (Å²) in [4.78, 5) is 11.0. The van der Waals surface area contributed by atoms with E-state index in [1.165, 1.54) is 0 Å². The van der Waals surface area contributed by atoms with Crippen LogP contribution in [-0.2, 0) is 4.79 Å². The van der Waals surface area contributed by atoms with E-state index in [9.17, 15) is 9.90 Å². The predicted molar refractivity (Wildman–Crippen MR) is 47.2 cm³/mol. The molecule has 0 heterocycles. The van der Waals surface area contributed by atoms with Gasteiger partial charge in [-0.3, -0.25) is 0 Å². The van der Waals surface area contributed by atoms with E-state index in [1.807, 2.05) is 19.1 Å². The number of aliphatic carboxylic acids is 1. The van der Waals surface area contributed by atoms with Crippen LogP contribution in [0.25, 0.3) is 0 Å². The number of carboxylic acid groups (broad SMARTS) is 1. The molecule has 0 spiro atoms. The quantitative estimate of drug-likeness (QED) is 0.630. The van der Waals surface area contributed by atoms with Gasteiger partial charge in [-0.2, -0.15) is 0 Å². The molecule has 0 aromatic rings. The van der Waals surface area contributed by atoms with Crippen LogP contribution in [0.3, 0.4) is 0 Å². The molecule has 0 aromatic heterocycles. The largest absolute Gasteiger partial charge is 0.479 e. The summed E-state index contributed by atoms with van der Waals surface area (Å²) in [6.45, 7) is 1.94. The van der Waals surface area contributed by atoms with Gasteiger partial charge in [-0.25, -0.2) is 4.79 Å². The van der Waals surface area contributed by atoms with Crippen LogP contribution in [0.5, 0.6) is 0 Å². The minimum atomic E-state index is -1.51. The normalized spacial score (nSPS) is 47.1. The maximum atomic E-state index is 11.0. The van der Waals surface area contributed by atoms with Crippen LogP contribution < -0.4 is 0 Å². The van der Waals surface area contributed by atoms with Gasteiger partial charge < -0.3 is 10.2 Å². The SMILES string of the molecule is CCC12C=CC(C1)CC2(O)C(=O)O. The molecule has 0 radical (unpaired) electrons. The molecule has 2 rings (SSSR count). The molecule has 3 unspecified atom stereocenters. The van der Waals surface area contributed by atoms with Gasteiger partial charge in [0.2, 0.25) is 0 Å². The minimum Gasteiger partial charge on any atom is -0.479 e. The summed E-state index contributed by atoms with van der Waals surface area (Å²) in [5, 5.41) is 19.1. The maximum absolute atomic E-state index is 11.0. The predicted octanol–water partition coefficient (Wildman–Crippen LogP) is 1.18. The van der Waals surface area contributed by atoms with Gasteiger partial charge in [-0.05, 0) is 25.2 Å². The van der Waals surface area contributed by atoms with E-state index in [4.69, 9.17) is 5.11 Å². The summed E-state index contributed by atoms with van der Waals surface area (Å²) in [5.74, 6) is -0.803. The van der Waals surface area contributed by atoms with Crippen molar-refractivity contribution in [1.29, 1.82) is 0 Å². The number of hydrogen-bond donors (Lipinski definition) is 2. The average molecular weight is 182 g/mol. The first kappa shape index (κ1) is 8.75. The molecule has 1 fully saturated rings. The Hall–Kier alpha value is -0.830. The fourth-order valence-electron chi connectivity index (χ4n) is 2.81. The summed E-state index contributed by atoms with van der Waals surface area (Å²) in [5.41, 5.74) is -2.01. The Morgan fingerprint density at radius 1 is 1.62 bits per heavy atom. The molecular formula is C10H14O3. The Balaban J connectivity index is 2.43. The molecule has 2 aliphatic rings. The van der Waals surface area contributed by atoms with E-state index in [0.29, 0.717) is 12.8 Å². The number of fused-ring (bicyclic) bond motifs is 2. The molecular weight excluding hydrogens is 168 g/mol. The lowest BCUT2D eigenvalue weighted by Crippen LogP contribution is -2.49. The molecule has 2 aliphatic carbocycles. The Morgan fingerprint density at radius 2 is 2.31 bits per heavy atom. The van der Waals surface area contributed by atoms with E-state index in [1.54, 1.807) is 0 Å². The molecule has 2 bridgehead atoms. The molecule has 3 nitrogen and oxygen atoms in total. The number of carboxylic acids is 1. The molecule has 0 aromatic carbocycles. The summed E-state index contributed by atoms with van der Waals surface area (Å²) in [6.07, 6.45) is 5.82. The van der Waals surface area contributed by atoms with E-state index < -0.39 is 17.0 Å². The first-order valence-electron chi connectivity index (χ1n) is 4.69. The van der Waals surface area contributed by atoms with Crippen LogP contribution in [0.4, 0.5) is 0 Å². The molecule has 0 aliphatic heterocycles. The first-order chi connectivity index (χ1) is 6.04. The van der Waals surface area contributed by atoms with Crippen LogP contribution in [-0.4, -0.2) is 21.8 Å². The summed E-state index contributed by atoms with van der Waals surface area (Å²) >= 11 is 0. The lowest BCUT2D eigenvalue weighted by atomic mass is 9.72. The van der Waals surface area contributed by atoms with Crippen molar-refractivity contribution in [2.24, 2.45) is 11.3 Å². The highest BCUT2D eigenvalue weighted by atomic mass is 16.4. The molecule has 3 heteroatoms. The molecule has 0 saturated heterocycles. The molecule has 1 saturated carbocycles. The Bertz CT molecular complexity index is 284. The van der Waals surface area contributed by atoms with Gasteiger partial charge in [0, 0.05) is 5.41 Å². The van der Waals surface area contributed by atoms with Crippen molar-refractivity contribution < 1.29 is 15.0 Å². The van der Waals surface area contributed by atoms with Crippen LogP contribution in [0.1, 0.15) is 26.2 Å². The Labute approximate surface area is 77.1 Å². The van der Waals surface area contributed by atoms with Gasteiger partial charge in [-0.1, -0.05) is 19.1 Å². The number of rotatable bonds is 2. The van der Waals surface area contributed by atoms with Crippen molar-refractivity contribution in [1.82, 2.24) is 0 Å². The smallest absolute Gasteiger partial charge is 0.336 e. The molecule has 3 atom stereocenters. The summed E-state index contributed by atoms with van der Waals surface area (Å²) in [6, 6.07) is 0. The van der Waals surface area contributed by atoms with Gasteiger partial charge in [0.15, 0.2) is 5.60 Å². The van der Waals surface area contributed by atoms with Gasteiger partial charge in [0.05, 0.1) is 0 Å². The van der Waals surface area contributed by atoms with Crippen molar-refractivity contribution in [3.63, 3.8) is 0 Å². The third kappa shape index (κ3) is 0.854. The van der Waals surface area contributed by atoms with Gasteiger partial charge in [-0.15, -0.1) is 0 Å². The highest BCUT2D eigenvalue weighted by molar-refractivity contribution is 5.80. The zero-order valence-corrected chi connectivity index (χ0v) is 7.66. The lowest BCUT2D eigenvalue weighted by molar-refractivity contribution is -0.168. The minimum absolute atomic E-state index is 0.265. The van der Waals surface area contributed by atoms with E-state index in [-0.39, 0.29) is 5.92 Å². The lowest BCUT2D eigenvalue weighted by Gasteiger charge is -2.36. The Morgan fingerprint density at radius 3 is 2.69 bits per heavy atom. The van der Waals surface area contributed by atoms with Gasteiger partial charge in [0.1, 0.15) is 0 Å². The fraction of sp³-hybridized carbons (Fsp3) is 0.700. The zero-order valence-electron chi connectivity index (χ0n) is 7.66. The monoisotopic (exact) mass is 182 g/mol. The topological polar surface area (TPSA) is 57.5 Å². The first-order valence-corrected chi connectivity index (χ1v) is 4.69. The van der Waals surface area contributed by atoms with Crippen molar-refractivity contribution in [3.8, 4) is 0 Å². The number of hydrogen-bond acceptors (Lipinski definition) is 2. The second-order valence-electron chi connectivity index (χ2n) is 4.20. The second kappa shape index (κ2) is 2.35. The highest BCUT2D eigenvalue weighted by Gasteiger charge is 2.61. The van der Waals surface area contributed by atoms with Crippen LogP contribution in [0.15, 0.2) is 12.2 Å². The Kier molecular flexibility index (Phi) is 1.58. The summed E-state index contributed by atoms with van der Waals surface area (Å²) in [7, 11) is 0. The average Bonchev–Trinajstić information content (AvgIpc) is 2.60. The number of carbonyl (C=O) groups is 1. The van der Waals surface area contributed by atoms with Gasteiger partial charge in [0.25, 0.3) is 0 Å². The molecule has 72 valence electrons. The molecule has 0 amide bonds. The van der Waals surface area contributed by atoms with Crippen molar-refractivity contribution in [2.75, 3.05) is 0 Å². The fourth-order valence-corrected chi connectivity index (χ4v) is 2.81.